The number of carbonyl (C=O) groups excluding carboxylic acids is 1. The summed E-state index contributed by atoms with van der Waals surface area (Å²) in [6.07, 6.45) is 5.04. The second-order valence-corrected chi connectivity index (χ2v) is 5.68. The van der Waals surface area contributed by atoms with Gasteiger partial charge in [0.1, 0.15) is 0 Å². The van der Waals surface area contributed by atoms with Crippen LogP contribution >= 0.6 is 0 Å². The largest absolute Gasteiger partial charge is 0.465 e. The Morgan fingerprint density at radius 3 is 2.18 bits per heavy atom. The van der Waals surface area contributed by atoms with Gasteiger partial charge in [0.05, 0.1) is 26.2 Å². The number of nitrogens with zero attached hydrogens (tertiary/aromatic N) is 1. The molecule has 0 amide bonds. The van der Waals surface area contributed by atoms with E-state index in [1.807, 2.05) is 0 Å². The molecular formula is C17H35NO4. The van der Waals surface area contributed by atoms with Crippen molar-refractivity contribution in [3.05, 3.63) is 0 Å². The van der Waals surface area contributed by atoms with Gasteiger partial charge in [-0.2, -0.15) is 0 Å². The van der Waals surface area contributed by atoms with E-state index in [-0.39, 0.29) is 5.97 Å². The summed E-state index contributed by atoms with van der Waals surface area (Å²) < 4.78 is 15.6. The first-order valence-corrected chi connectivity index (χ1v) is 8.53. The lowest BCUT2D eigenvalue weighted by molar-refractivity contribution is -0.145. The van der Waals surface area contributed by atoms with E-state index in [0.717, 1.165) is 25.9 Å². The number of unbranched alkanes of at least 4 members (excludes halogenated alkanes) is 1. The van der Waals surface area contributed by atoms with Gasteiger partial charge >= 0.3 is 5.97 Å². The highest BCUT2D eigenvalue weighted by atomic mass is 16.5. The van der Waals surface area contributed by atoms with Crippen LogP contribution in [0.25, 0.3) is 0 Å². The van der Waals surface area contributed by atoms with Gasteiger partial charge in [-0.25, -0.2) is 0 Å². The van der Waals surface area contributed by atoms with Crippen LogP contribution in [0.2, 0.25) is 0 Å². The molecule has 0 fully saturated rings. The van der Waals surface area contributed by atoms with E-state index in [1.165, 1.54) is 12.8 Å². The van der Waals surface area contributed by atoms with E-state index in [4.69, 9.17) is 14.2 Å². The summed E-state index contributed by atoms with van der Waals surface area (Å²) in [5.41, 5.74) is 0. The van der Waals surface area contributed by atoms with E-state index < -0.39 is 0 Å². The first kappa shape index (κ1) is 21.4. The van der Waals surface area contributed by atoms with Gasteiger partial charge in [-0.3, -0.25) is 9.69 Å². The van der Waals surface area contributed by atoms with E-state index in [0.29, 0.717) is 38.7 Å². The van der Waals surface area contributed by atoms with Crippen LogP contribution in [0.3, 0.4) is 0 Å². The Hall–Kier alpha value is -0.650. The van der Waals surface area contributed by atoms with Gasteiger partial charge in [0.2, 0.25) is 0 Å². The number of hydrogen-bond donors (Lipinski definition) is 0. The van der Waals surface area contributed by atoms with Crippen molar-refractivity contribution in [1.29, 1.82) is 0 Å². The molecule has 0 bridgehead atoms. The van der Waals surface area contributed by atoms with Crippen LogP contribution in [0.15, 0.2) is 0 Å². The quantitative estimate of drug-likeness (QED) is 0.435. The Kier molecular flexibility index (Phi) is 14.8. The predicted molar refractivity (Wildman–Crippen MR) is 89.1 cm³/mol. The zero-order valence-corrected chi connectivity index (χ0v) is 14.9. The van der Waals surface area contributed by atoms with E-state index in [9.17, 15) is 4.79 Å². The second-order valence-electron chi connectivity index (χ2n) is 5.68. The summed E-state index contributed by atoms with van der Waals surface area (Å²) >= 11 is 0. The van der Waals surface area contributed by atoms with Crippen molar-refractivity contribution in [2.24, 2.45) is 5.92 Å². The molecule has 0 aliphatic carbocycles. The fraction of sp³-hybridized carbons (Fsp3) is 0.941. The highest BCUT2D eigenvalue weighted by molar-refractivity contribution is 5.69. The van der Waals surface area contributed by atoms with Crippen LogP contribution in [-0.2, 0) is 19.0 Å². The highest BCUT2D eigenvalue weighted by Crippen LogP contribution is 2.13. The molecule has 22 heavy (non-hydrogen) atoms. The molecule has 1 unspecified atom stereocenters. The predicted octanol–water partition coefficient (Wildman–Crippen LogP) is 2.73. The normalized spacial score (nSPS) is 12.6. The Bertz CT molecular complexity index is 253. The summed E-state index contributed by atoms with van der Waals surface area (Å²) in [6.45, 7) is 8.53. The molecule has 5 nitrogen and oxygen atoms in total. The maximum atomic E-state index is 11.9. The molecule has 1 atom stereocenters. The average molecular weight is 317 g/mol. The van der Waals surface area contributed by atoms with Gasteiger partial charge in [0.15, 0.2) is 0 Å². The summed E-state index contributed by atoms with van der Waals surface area (Å²) in [5, 5.41) is 0. The van der Waals surface area contributed by atoms with Crippen LogP contribution in [-0.4, -0.2) is 64.5 Å². The van der Waals surface area contributed by atoms with Gasteiger partial charge in [0, 0.05) is 33.9 Å². The van der Waals surface area contributed by atoms with E-state index in [1.54, 1.807) is 14.2 Å². The lowest BCUT2D eigenvalue weighted by Crippen LogP contribution is -2.33. The van der Waals surface area contributed by atoms with Gasteiger partial charge in [-0.15, -0.1) is 0 Å². The van der Waals surface area contributed by atoms with Gasteiger partial charge in [-0.1, -0.05) is 33.1 Å². The Morgan fingerprint density at radius 1 is 1.05 bits per heavy atom. The van der Waals surface area contributed by atoms with E-state index >= 15 is 0 Å². The lowest BCUT2D eigenvalue weighted by Gasteiger charge is -2.21. The summed E-state index contributed by atoms with van der Waals surface area (Å²) in [4.78, 5) is 14.0. The topological polar surface area (TPSA) is 48.0 Å². The van der Waals surface area contributed by atoms with Crippen molar-refractivity contribution in [3.63, 3.8) is 0 Å². The molecule has 0 saturated heterocycles. The first-order valence-electron chi connectivity index (χ1n) is 8.53. The molecule has 0 aromatic rings. The van der Waals surface area contributed by atoms with Crippen molar-refractivity contribution in [2.45, 2.75) is 46.0 Å². The van der Waals surface area contributed by atoms with Crippen molar-refractivity contribution in [1.82, 2.24) is 4.90 Å². The van der Waals surface area contributed by atoms with Gasteiger partial charge in [0.25, 0.3) is 0 Å². The van der Waals surface area contributed by atoms with Crippen LogP contribution < -0.4 is 0 Å². The molecule has 0 aliphatic heterocycles. The molecule has 0 radical (unpaired) electrons. The average Bonchev–Trinajstić information content (AvgIpc) is 2.54. The molecule has 0 aromatic carbocycles. The molecule has 5 heteroatoms. The Morgan fingerprint density at radius 2 is 1.68 bits per heavy atom. The first-order chi connectivity index (χ1) is 10.7. The molecule has 0 spiro atoms. The number of carbonyl (C=O) groups is 1. The zero-order chi connectivity index (χ0) is 16.6. The molecule has 0 N–H and O–H groups in total. The van der Waals surface area contributed by atoms with Crippen LogP contribution in [0.1, 0.15) is 46.0 Å². The summed E-state index contributed by atoms with van der Waals surface area (Å²) in [5.74, 6) is 0.400. The zero-order valence-electron chi connectivity index (χ0n) is 14.9. The monoisotopic (exact) mass is 317 g/mol. The second kappa shape index (κ2) is 15.3. The third kappa shape index (κ3) is 12.0. The maximum absolute atomic E-state index is 11.9. The maximum Gasteiger partial charge on any atom is 0.307 e. The SMILES string of the molecule is CCCCC(CC)COC(=O)CCN(CCOC)CCOC. The molecule has 0 aliphatic rings. The fourth-order valence-electron chi connectivity index (χ4n) is 2.21. The Labute approximate surface area is 136 Å². The molecule has 0 rings (SSSR count). The molecule has 0 aromatic heterocycles. The Balaban J connectivity index is 3.95. The minimum Gasteiger partial charge on any atom is -0.465 e. The number of rotatable bonds is 15. The summed E-state index contributed by atoms with van der Waals surface area (Å²) in [7, 11) is 3.37. The number of esters is 1. The number of methoxy groups -OCH3 is 2. The van der Waals surface area contributed by atoms with Crippen molar-refractivity contribution in [2.75, 3.05) is 53.7 Å². The minimum absolute atomic E-state index is 0.102. The fourth-order valence-corrected chi connectivity index (χ4v) is 2.21. The molecular weight excluding hydrogens is 282 g/mol. The highest BCUT2D eigenvalue weighted by Gasteiger charge is 2.12. The minimum atomic E-state index is -0.102. The molecule has 0 saturated carbocycles. The summed E-state index contributed by atoms with van der Waals surface area (Å²) in [6, 6.07) is 0. The third-order valence-electron chi connectivity index (χ3n) is 3.88. The lowest BCUT2D eigenvalue weighted by atomic mass is 10.0. The number of hydrogen-bond acceptors (Lipinski definition) is 5. The van der Waals surface area contributed by atoms with Crippen molar-refractivity contribution in [3.8, 4) is 0 Å². The molecule has 132 valence electrons. The van der Waals surface area contributed by atoms with Crippen molar-refractivity contribution < 1.29 is 19.0 Å². The third-order valence-corrected chi connectivity index (χ3v) is 3.88. The van der Waals surface area contributed by atoms with Crippen molar-refractivity contribution >= 4 is 5.97 Å². The van der Waals surface area contributed by atoms with Crippen LogP contribution in [0.5, 0.6) is 0 Å². The standard InChI is InChI=1S/C17H35NO4/c1-5-7-8-16(6-2)15-22-17(19)9-10-18(11-13-20-3)12-14-21-4/h16H,5-15H2,1-4H3. The van der Waals surface area contributed by atoms with Gasteiger partial charge < -0.3 is 14.2 Å². The molecule has 0 heterocycles. The smallest absolute Gasteiger partial charge is 0.307 e. The number of ether oxygens (including phenoxy) is 3. The van der Waals surface area contributed by atoms with Crippen LogP contribution in [0.4, 0.5) is 0 Å². The van der Waals surface area contributed by atoms with E-state index in [2.05, 4.69) is 18.7 Å². The van der Waals surface area contributed by atoms with Gasteiger partial charge in [-0.05, 0) is 12.3 Å². The van der Waals surface area contributed by atoms with Crippen LogP contribution in [0, 0.1) is 5.92 Å².